The molecule has 0 N–H and O–H groups in total. The van der Waals surface area contributed by atoms with E-state index in [1.165, 1.54) is 18.4 Å². The zero-order valence-electron chi connectivity index (χ0n) is 7.38. The average molecular weight is 226 g/mol. The van der Waals surface area contributed by atoms with E-state index in [9.17, 15) is 18.0 Å². The molecule has 0 radical (unpaired) electrons. The van der Waals surface area contributed by atoms with Gasteiger partial charge in [-0.25, -0.2) is 0 Å². The zero-order chi connectivity index (χ0) is 10.8. The highest BCUT2D eigenvalue weighted by atomic mass is 32.2. The molecule has 0 saturated carbocycles. The van der Waals surface area contributed by atoms with E-state index >= 15 is 0 Å². The van der Waals surface area contributed by atoms with Crippen LogP contribution in [0.25, 0.3) is 0 Å². The maximum absolute atomic E-state index is 12.3. The molecule has 6 heteroatoms. The van der Waals surface area contributed by atoms with E-state index < -0.39 is 23.5 Å². The molecule has 1 heterocycles. The van der Waals surface area contributed by atoms with Gasteiger partial charge in [0.05, 0.1) is 0 Å². The molecule has 0 unspecified atom stereocenters. The van der Waals surface area contributed by atoms with Gasteiger partial charge in [-0.05, 0) is 11.5 Å². The van der Waals surface area contributed by atoms with Gasteiger partial charge in [-0.1, -0.05) is 0 Å². The van der Waals surface area contributed by atoms with E-state index in [1.807, 2.05) is 0 Å². The molecular weight excluding hydrogens is 217 g/mol. The van der Waals surface area contributed by atoms with Gasteiger partial charge in [0.1, 0.15) is 11.4 Å². The summed E-state index contributed by atoms with van der Waals surface area (Å²) in [5, 5.41) is -0.147. The van der Waals surface area contributed by atoms with Crippen molar-refractivity contribution in [2.75, 3.05) is 0 Å². The third kappa shape index (κ3) is 3.25. The summed E-state index contributed by atoms with van der Waals surface area (Å²) in [5.74, 6) is -0.563. The van der Waals surface area contributed by atoms with Crippen molar-refractivity contribution in [2.24, 2.45) is 0 Å². The number of hydrogen-bond donors (Lipinski definition) is 0. The molecule has 14 heavy (non-hydrogen) atoms. The Morgan fingerprint density at radius 1 is 1.57 bits per heavy atom. The predicted octanol–water partition coefficient (Wildman–Crippen LogP) is 2.50. The van der Waals surface area contributed by atoms with Crippen molar-refractivity contribution in [1.29, 1.82) is 0 Å². The Labute approximate surface area is 83.5 Å². The minimum atomic E-state index is -4.24. The molecule has 0 spiro atoms. The van der Waals surface area contributed by atoms with Crippen molar-refractivity contribution in [3.8, 4) is 0 Å². The summed E-state index contributed by atoms with van der Waals surface area (Å²) in [6.07, 6.45) is -3.73. The summed E-state index contributed by atoms with van der Waals surface area (Å²) in [5.41, 5.74) is 0. The summed E-state index contributed by atoms with van der Waals surface area (Å²) < 4.78 is 41.4. The van der Waals surface area contributed by atoms with E-state index in [0.717, 1.165) is 0 Å². The van der Waals surface area contributed by atoms with Crippen LogP contribution < -0.4 is 0 Å². The molecule has 0 fully saturated rings. The van der Waals surface area contributed by atoms with Gasteiger partial charge in [0.15, 0.2) is 0 Å². The molecule has 1 aliphatic rings. The number of halogens is 3. The zero-order valence-corrected chi connectivity index (χ0v) is 8.19. The number of carbonyl (C=O) groups is 1. The highest BCUT2D eigenvalue weighted by Gasteiger charge is 2.42. The van der Waals surface area contributed by atoms with Crippen LogP contribution in [0.2, 0.25) is 0 Å². The van der Waals surface area contributed by atoms with E-state index in [-0.39, 0.29) is 6.42 Å². The van der Waals surface area contributed by atoms with Crippen LogP contribution in [0.4, 0.5) is 13.2 Å². The molecule has 2 atom stereocenters. The summed E-state index contributed by atoms with van der Waals surface area (Å²) >= 11 is 0.704. The Morgan fingerprint density at radius 3 is 2.71 bits per heavy atom. The van der Waals surface area contributed by atoms with Gasteiger partial charge in [-0.3, -0.25) is 4.79 Å². The highest BCUT2D eigenvalue weighted by molar-refractivity contribution is 8.02. The van der Waals surface area contributed by atoms with Crippen LogP contribution in [0.15, 0.2) is 11.5 Å². The molecule has 0 aromatic carbocycles. The number of alkyl halides is 3. The second kappa shape index (κ2) is 4.25. The average Bonchev–Trinajstić information content (AvgIpc) is 2.01. The van der Waals surface area contributed by atoms with Crippen LogP contribution in [0, 0.1) is 0 Å². The number of thioether (sulfide) groups is 1. The second-order valence-electron chi connectivity index (χ2n) is 2.88. The lowest BCUT2D eigenvalue weighted by atomic mass is 10.2. The maximum atomic E-state index is 12.3. The minimum Gasteiger partial charge on any atom is -0.458 e. The van der Waals surface area contributed by atoms with Crippen LogP contribution in [0.1, 0.15) is 13.3 Å². The molecule has 2 nitrogen and oxygen atoms in total. The van der Waals surface area contributed by atoms with Crippen LogP contribution in [-0.4, -0.2) is 23.5 Å². The maximum Gasteiger partial charge on any atom is 0.401 e. The van der Waals surface area contributed by atoms with E-state index in [4.69, 9.17) is 0 Å². The molecule has 0 aromatic heterocycles. The van der Waals surface area contributed by atoms with Crippen LogP contribution in [-0.2, 0) is 9.53 Å². The van der Waals surface area contributed by atoms with Gasteiger partial charge in [0.25, 0.3) is 0 Å². The molecule has 1 aliphatic heterocycles. The van der Waals surface area contributed by atoms with Crippen molar-refractivity contribution in [3.05, 3.63) is 11.5 Å². The summed E-state index contributed by atoms with van der Waals surface area (Å²) in [6.45, 7) is 1.18. The molecule has 0 aromatic rings. The van der Waals surface area contributed by atoms with Crippen LogP contribution in [0.5, 0.6) is 0 Å². The molecule has 0 aliphatic carbocycles. The Bertz CT molecular complexity index is 249. The fourth-order valence-electron chi connectivity index (χ4n) is 1.08. The van der Waals surface area contributed by atoms with E-state index in [2.05, 4.69) is 4.74 Å². The minimum absolute atomic E-state index is 0.204. The Kier molecular flexibility index (Phi) is 3.47. The first-order valence-electron chi connectivity index (χ1n) is 3.95. The van der Waals surface area contributed by atoms with Gasteiger partial charge >= 0.3 is 12.1 Å². The Morgan fingerprint density at radius 2 is 2.21 bits per heavy atom. The summed E-state index contributed by atoms with van der Waals surface area (Å²) in [7, 11) is 0. The standard InChI is InChI=1S/C8H9F3O2S/c1-5(12)13-6-2-3-14-7(4-6)8(9,10)11/h2-3,6-7H,4H2,1H3/t6-,7-/m1/s1. The molecule has 0 bridgehead atoms. The lowest BCUT2D eigenvalue weighted by Gasteiger charge is -2.25. The number of carbonyl (C=O) groups excluding carboxylic acids is 1. The van der Waals surface area contributed by atoms with Gasteiger partial charge in [0, 0.05) is 13.3 Å². The van der Waals surface area contributed by atoms with Crippen molar-refractivity contribution >= 4 is 17.7 Å². The second-order valence-corrected chi connectivity index (χ2v) is 3.99. The van der Waals surface area contributed by atoms with Crippen molar-refractivity contribution < 1.29 is 22.7 Å². The summed E-state index contributed by atoms with van der Waals surface area (Å²) in [6, 6.07) is 0. The smallest absolute Gasteiger partial charge is 0.401 e. The van der Waals surface area contributed by atoms with Crippen LogP contribution in [0.3, 0.4) is 0 Å². The number of hydrogen-bond acceptors (Lipinski definition) is 3. The van der Waals surface area contributed by atoms with E-state index in [0.29, 0.717) is 11.8 Å². The van der Waals surface area contributed by atoms with Gasteiger partial charge in [-0.2, -0.15) is 13.2 Å². The monoisotopic (exact) mass is 226 g/mol. The SMILES string of the molecule is CC(=O)O[C@@H]1C=CS[C@@H](C(F)(F)F)C1. The van der Waals surface area contributed by atoms with Crippen LogP contribution >= 0.6 is 11.8 Å². The predicted molar refractivity (Wildman–Crippen MR) is 46.7 cm³/mol. The molecule has 0 saturated heterocycles. The lowest BCUT2D eigenvalue weighted by molar-refractivity contribution is -0.150. The normalized spacial score (nSPS) is 27.4. The van der Waals surface area contributed by atoms with Crippen molar-refractivity contribution in [2.45, 2.75) is 30.9 Å². The van der Waals surface area contributed by atoms with Crippen molar-refractivity contribution in [3.63, 3.8) is 0 Å². The summed E-state index contributed by atoms with van der Waals surface area (Å²) in [4.78, 5) is 10.5. The highest BCUT2D eigenvalue weighted by Crippen LogP contribution is 2.37. The first-order valence-corrected chi connectivity index (χ1v) is 4.90. The molecule has 0 amide bonds. The quantitative estimate of drug-likeness (QED) is 0.642. The first-order chi connectivity index (χ1) is 6.39. The molecular formula is C8H9F3O2S. The first kappa shape index (κ1) is 11.4. The fraction of sp³-hybridized carbons (Fsp3) is 0.625. The fourth-order valence-corrected chi connectivity index (χ4v) is 2.00. The van der Waals surface area contributed by atoms with Gasteiger partial charge in [-0.15, -0.1) is 11.8 Å². The third-order valence-corrected chi connectivity index (χ3v) is 2.77. The number of esters is 1. The van der Waals surface area contributed by atoms with E-state index in [1.54, 1.807) is 0 Å². The Hall–Kier alpha value is -0.650. The largest absolute Gasteiger partial charge is 0.458 e. The molecule has 80 valence electrons. The number of ether oxygens (including phenoxy) is 1. The van der Waals surface area contributed by atoms with Crippen molar-refractivity contribution in [1.82, 2.24) is 0 Å². The van der Waals surface area contributed by atoms with Gasteiger partial charge in [0.2, 0.25) is 0 Å². The van der Waals surface area contributed by atoms with Gasteiger partial charge < -0.3 is 4.74 Å². The lowest BCUT2D eigenvalue weighted by Crippen LogP contribution is -2.32. The topological polar surface area (TPSA) is 26.3 Å². The Balaban J connectivity index is 2.56. The number of rotatable bonds is 1. The molecule has 1 rings (SSSR count). The third-order valence-electron chi connectivity index (χ3n) is 1.66.